The topological polar surface area (TPSA) is 108 Å². The molecule has 2 N–H and O–H groups in total. The summed E-state index contributed by atoms with van der Waals surface area (Å²) < 4.78 is 17.9. The Morgan fingerprint density at radius 2 is 1.83 bits per heavy atom. The number of halogens is 1. The average molecular weight is 483 g/mol. The van der Waals surface area contributed by atoms with Crippen molar-refractivity contribution in [2.75, 3.05) is 20.7 Å². The number of unbranched alkanes of at least 4 members (excludes halogenated alkanes) is 2. The highest BCUT2D eigenvalue weighted by atomic mass is 19.1. The Kier molecular flexibility index (Phi) is 8.57. The zero-order valence-corrected chi connectivity index (χ0v) is 20.5. The number of Topliss-reactive ketones (excluding diaryl/α,β-unsaturated/α-hetero) is 1. The molecule has 0 aliphatic heterocycles. The highest BCUT2D eigenvalue weighted by Gasteiger charge is 2.25. The van der Waals surface area contributed by atoms with Crippen LogP contribution in [0.5, 0.6) is 0 Å². The zero-order chi connectivity index (χ0) is 25.5. The Morgan fingerprint density at radius 3 is 2.49 bits per heavy atom. The Morgan fingerprint density at radius 1 is 1.11 bits per heavy atom. The fourth-order valence-corrected chi connectivity index (χ4v) is 4.03. The number of amides is 1. The molecular formula is C26H31FN4O4. The van der Waals surface area contributed by atoms with E-state index in [2.05, 4.69) is 15.2 Å². The van der Waals surface area contributed by atoms with E-state index in [-0.39, 0.29) is 29.5 Å². The monoisotopic (exact) mass is 482 g/mol. The molecule has 3 aromatic rings. The summed E-state index contributed by atoms with van der Waals surface area (Å²) >= 11 is 0. The van der Waals surface area contributed by atoms with Gasteiger partial charge in [0.25, 0.3) is 0 Å². The summed E-state index contributed by atoms with van der Waals surface area (Å²) in [6.07, 6.45) is 3.48. The van der Waals surface area contributed by atoms with Crippen LogP contribution in [0, 0.1) is 12.7 Å². The zero-order valence-electron chi connectivity index (χ0n) is 20.5. The molecule has 1 amide bonds. The summed E-state index contributed by atoms with van der Waals surface area (Å²) in [6, 6.07) is 8.20. The second-order valence-electron chi connectivity index (χ2n) is 8.61. The number of hydrogen-bond acceptors (Lipinski definition) is 5. The van der Waals surface area contributed by atoms with Crippen molar-refractivity contribution in [3.8, 4) is 11.3 Å². The quantitative estimate of drug-likeness (QED) is 0.241. The minimum Gasteiger partial charge on any atom is -0.465 e. The van der Waals surface area contributed by atoms with Crippen molar-refractivity contribution in [3.05, 3.63) is 64.4 Å². The minimum atomic E-state index is -0.571. The first-order valence-corrected chi connectivity index (χ1v) is 11.6. The summed E-state index contributed by atoms with van der Waals surface area (Å²) in [5, 5.41) is 7.32. The molecule has 0 saturated heterocycles. The van der Waals surface area contributed by atoms with Crippen molar-refractivity contribution in [3.63, 3.8) is 0 Å². The standard InChI is InChI=1S/C26H31FN4O4/c1-16-24(26(34)35-4)22(28-25(16)17(2)32)15-23(33)31(3)13-7-5-6-8-20-14-21(30-29-20)18-9-11-19(27)12-10-18/h9-12,14,28H,5-8,13,15H2,1-4H3,(H,29,30). The van der Waals surface area contributed by atoms with Gasteiger partial charge in [-0.25, -0.2) is 9.18 Å². The van der Waals surface area contributed by atoms with Crippen LogP contribution < -0.4 is 0 Å². The molecular weight excluding hydrogens is 451 g/mol. The third-order valence-electron chi connectivity index (χ3n) is 6.03. The first kappa shape index (κ1) is 25.9. The Bertz CT molecular complexity index is 1200. The van der Waals surface area contributed by atoms with Crippen LogP contribution in [0.3, 0.4) is 0 Å². The number of aromatic amines is 2. The van der Waals surface area contributed by atoms with Crippen molar-refractivity contribution in [2.24, 2.45) is 0 Å². The molecule has 3 rings (SSSR count). The second-order valence-corrected chi connectivity index (χ2v) is 8.61. The maximum atomic E-state index is 13.1. The number of rotatable bonds is 11. The smallest absolute Gasteiger partial charge is 0.339 e. The number of likely N-dealkylation sites (N-methyl/N-ethyl adjacent to an activating group) is 1. The number of esters is 1. The van der Waals surface area contributed by atoms with Crippen LogP contribution in [0.1, 0.15) is 64.0 Å². The SMILES string of the molecule is COC(=O)c1c(CC(=O)N(C)CCCCCc2cc(-c3ccc(F)cc3)n[nH]2)[nH]c(C(C)=O)c1C. The molecule has 0 unspecified atom stereocenters. The molecule has 9 heteroatoms. The number of ketones is 1. The fourth-order valence-electron chi connectivity index (χ4n) is 4.03. The number of nitrogens with zero attached hydrogens (tertiary/aromatic N) is 2. The summed E-state index contributed by atoms with van der Waals surface area (Å²) in [7, 11) is 3.00. The number of methoxy groups -OCH3 is 1. The van der Waals surface area contributed by atoms with E-state index in [1.165, 1.54) is 26.2 Å². The van der Waals surface area contributed by atoms with E-state index in [0.717, 1.165) is 42.6 Å². The molecule has 0 aliphatic rings. The van der Waals surface area contributed by atoms with Crippen molar-refractivity contribution in [2.45, 2.75) is 46.0 Å². The Balaban J connectivity index is 1.47. The predicted molar refractivity (Wildman–Crippen MR) is 130 cm³/mol. The molecule has 0 radical (unpaired) electrons. The third kappa shape index (κ3) is 6.44. The first-order valence-electron chi connectivity index (χ1n) is 11.6. The number of nitrogens with one attached hydrogen (secondary N) is 2. The van der Waals surface area contributed by atoms with E-state index in [0.29, 0.717) is 23.5 Å². The lowest BCUT2D eigenvalue weighted by atomic mass is 10.1. The van der Waals surface area contributed by atoms with Gasteiger partial charge in [-0.3, -0.25) is 14.7 Å². The lowest BCUT2D eigenvalue weighted by Gasteiger charge is -2.17. The number of aryl methyl sites for hydroxylation is 1. The number of carbonyl (C=O) groups is 3. The molecule has 35 heavy (non-hydrogen) atoms. The Labute approximate surface area is 203 Å². The van der Waals surface area contributed by atoms with Gasteiger partial charge >= 0.3 is 5.97 Å². The van der Waals surface area contributed by atoms with Crippen molar-refractivity contribution in [1.82, 2.24) is 20.1 Å². The van der Waals surface area contributed by atoms with Gasteiger partial charge < -0.3 is 14.6 Å². The second kappa shape index (κ2) is 11.6. The molecule has 186 valence electrons. The van der Waals surface area contributed by atoms with Crippen LogP contribution in [-0.2, 0) is 22.4 Å². The molecule has 0 atom stereocenters. The van der Waals surface area contributed by atoms with Crippen LogP contribution in [0.15, 0.2) is 30.3 Å². The number of benzene rings is 1. The number of hydrogen-bond donors (Lipinski definition) is 2. The lowest BCUT2D eigenvalue weighted by molar-refractivity contribution is -0.129. The largest absolute Gasteiger partial charge is 0.465 e. The van der Waals surface area contributed by atoms with Gasteiger partial charge in [0.2, 0.25) is 5.91 Å². The maximum absolute atomic E-state index is 13.1. The Hall–Kier alpha value is -3.75. The summed E-state index contributed by atoms with van der Waals surface area (Å²) in [6.45, 7) is 3.65. The molecule has 8 nitrogen and oxygen atoms in total. The molecule has 0 aliphatic carbocycles. The number of ether oxygens (including phenoxy) is 1. The number of carbonyl (C=O) groups excluding carboxylic acids is 3. The van der Waals surface area contributed by atoms with Gasteiger partial charge in [-0.1, -0.05) is 6.42 Å². The van der Waals surface area contributed by atoms with E-state index in [4.69, 9.17) is 4.74 Å². The van der Waals surface area contributed by atoms with E-state index < -0.39 is 5.97 Å². The van der Waals surface area contributed by atoms with Crippen LogP contribution in [0.25, 0.3) is 11.3 Å². The fraction of sp³-hybridized carbons (Fsp3) is 0.385. The van der Waals surface area contributed by atoms with Crippen molar-refractivity contribution >= 4 is 17.7 Å². The van der Waals surface area contributed by atoms with Crippen LogP contribution in [-0.4, -0.2) is 58.4 Å². The van der Waals surface area contributed by atoms with Gasteiger partial charge in [0, 0.05) is 37.5 Å². The van der Waals surface area contributed by atoms with E-state index >= 15 is 0 Å². The highest BCUT2D eigenvalue weighted by molar-refractivity contribution is 6.01. The van der Waals surface area contributed by atoms with Gasteiger partial charge in [0.15, 0.2) is 5.78 Å². The van der Waals surface area contributed by atoms with Gasteiger partial charge in [0.05, 0.1) is 30.5 Å². The maximum Gasteiger partial charge on any atom is 0.339 e. The normalized spacial score (nSPS) is 10.9. The third-order valence-corrected chi connectivity index (χ3v) is 6.03. The van der Waals surface area contributed by atoms with Gasteiger partial charge in [-0.2, -0.15) is 5.10 Å². The highest BCUT2D eigenvalue weighted by Crippen LogP contribution is 2.22. The van der Waals surface area contributed by atoms with Crippen molar-refractivity contribution < 1.29 is 23.5 Å². The van der Waals surface area contributed by atoms with Crippen LogP contribution >= 0.6 is 0 Å². The lowest BCUT2D eigenvalue weighted by Crippen LogP contribution is -2.29. The molecule has 1 aromatic carbocycles. The number of H-pyrrole nitrogens is 2. The predicted octanol–water partition coefficient (Wildman–Crippen LogP) is 4.26. The van der Waals surface area contributed by atoms with Crippen molar-refractivity contribution in [1.29, 1.82) is 0 Å². The van der Waals surface area contributed by atoms with Crippen LogP contribution in [0.2, 0.25) is 0 Å². The molecule has 0 fully saturated rings. The van der Waals surface area contributed by atoms with E-state index in [1.54, 1.807) is 31.0 Å². The van der Waals surface area contributed by atoms with E-state index in [1.807, 2.05) is 6.07 Å². The van der Waals surface area contributed by atoms with Gasteiger partial charge in [0.1, 0.15) is 5.82 Å². The molecule has 2 heterocycles. The molecule has 0 bridgehead atoms. The number of aromatic nitrogens is 3. The summed E-state index contributed by atoms with van der Waals surface area (Å²) in [4.78, 5) is 41.4. The molecule has 0 spiro atoms. The van der Waals surface area contributed by atoms with Gasteiger partial charge in [-0.05, 0) is 62.1 Å². The van der Waals surface area contributed by atoms with Crippen LogP contribution in [0.4, 0.5) is 4.39 Å². The minimum absolute atomic E-state index is 0.0185. The van der Waals surface area contributed by atoms with Gasteiger partial charge in [-0.15, -0.1) is 0 Å². The molecule has 2 aromatic heterocycles. The molecule has 0 saturated carbocycles. The first-order chi connectivity index (χ1) is 16.7. The summed E-state index contributed by atoms with van der Waals surface area (Å²) in [5.74, 6) is -1.20. The summed E-state index contributed by atoms with van der Waals surface area (Å²) in [5.41, 5.74) is 4.11. The van der Waals surface area contributed by atoms with E-state index in [9.17, 15) is 18.8 Å². The average Bonchev–Trinajstić information content (AvgIpc) is 3.43.